The van der Waals surface area contributed by atoms with Crippen LogP contribution < -0.4 is 5.32 Å². The van der Waals surface area contributed by atoms with E-state index < -0.39 is 0 Å². The van der Waals surface area contributed by atoms with Crippen molar-refractivity contribution in [3.63, 3.8) is 0 Å². The molecular formula is C15H22N3+. The normalized spacial score (nSPS) is 17.4. The van der Waals surface area contributed by atoms with Gasteiger partial charge in [-0.2, -0.15) is 0 Å². The highest BCUT2D eigenvalue weighted by Crippen LogP contribution is 2.16. The van der Waals surface area contributed by atoms with Gasteiger partial charge in [0.2, 0.25) is 0 Å². The Morgan fingerprint density at radius 2 is 2.00 bits per heavy atom. The number of nitrogens with zero attached hydrogens (tertiary/aromatic N) is 2. The van der Waals surface area contributed by atoms with Gasteiger partial charge in [-0.1, -0.05) is 18.6 Å². The molecule has 3 rings (SSSR count). The number of benzene rings is 1. The Bertz CT molecular complexity index is 524. The van der Waals surface area contributed by atoms with Crippen LogP contribution in [-0.4, -0.2) is 15.6 Å². The van der Waals surface area contributed by atoms with Crippen molar-refractivity contribution < 1.29 is 5.32 Å². The summed E-state index contributed by atoms with van der Waals surface area (Å²) in [5.41, 5.74) is 2.36. The van der Waals surface area contributed by atoms with Crippen LogP contribution in [0.5, 0.6) is 0 Å². The van der Waals surface area contributed by atoms with Crippen LogP contribution >= 0.6 is 0 Å². The summed E-state index contributed by atoms with van der Waals surface area (Å²) in [5.74, 6) is 1.20. The van der Waals surface area contributed by atoms with E-state index in [0.29, 0.717) is 0 Å². The Hall–Kier alpha value is -1.35. The van der Waals surface area contributed by atoms with Gasteiger partial charge >= 0.3 is 0 Å². The molecule has 0 spiro atoms. The van der Waals surface area contributed by atoms with Crippen LogP contribution in [0, 0.1) is 0 Å². The van der Waals surface area contributed by atoms with Crippen molar-refractivity contribution in [1.29, 1.82) is 0 Å². The number of aryl methyl sites for hydroxylation is 1. The first kappa shape index (κ1) is 11.7. The number of hydrogen-bond acceptors (Lipinski definition) is 1. The SMILES string of the molecule is Cn1c(C[NH2+]C2CCCCC2)nc2ccccc21. The quantitative estimate of drug-likeness (QED) is 0.880. The minimum Gasteiger partial charge on any atom is -0.338 e. The number of nitrogens with two attached hydrogens (primary N) is 1. The standard InChI is InChI=1S/C15H21N3/c1-18-14-10-6-5-9-13(14)17-15(18)11-16-12-7-3-2-4-8-12/h5-6,9-10,12,16H,2-4,7-8,11H2,1H3/p+1. The molecule has 2 N–H and O–H groups in total. The van der Waals surface area contributed by atoms with Gasteiger partial charge in [-0.15, -0.1) is 0 Å². The Kier molecular flexibility index (Phi) is 3.33. The van der Waals surface area contributed by atoms with E-state index in [9.17, 15) is 0 Å². The van der Waals surface area contributed by atoms with Crippen molar-refractivity contribution in [2.45, 2.75) is 44.7 Å². The number of imidazole rings is 1. The number of quaternary nitrogens is 1. The lowest BCUT2D eigenvalue weighted by molar-refractivity contribution is -0.707. The fourth-order valence-corrected chi connectivity index (χ4v) is 3.02. The van der Waals surface area contributed by atoms with E-state index in [-0.39, 0.29) is 0 Å². The molecule has 1 fully saturated rings. The Morgan fingerprint density at radius 1 is 1.22 bits per heavy atom. The van der Waals surface area contributed by atoms with E-state index in [4.69, 9.17) is 4.98 Å². The highest BCUT2D eigenvalue weighted by atomic mass is 15.1. The molecule has 96 valence electrons. The summed E-state index contributed by atoms with van der Waals surface area (Å²) in [7, 11) is 2.12. The minimum atomic E-state index is 0.818. The summed E-state index contributed by atoms with van der Waals surface area (Å²) in [6.07, 6.45) is 7.00. The zero-order chi connectivity index (χ0) is 12.4. The van der Waals surface area contributed by atoms with Gasteiger partial charge < -0.3 is 9.88 Å². The predicted octanol–water partition coefficient (Wildman–Crippen LogP) is 1.97. The third-order valence-electron chi connectivity index (χ3n) is 4.16. The maximum absolute atomic E-state index is 4.73. The Labute approximate surface area is 108 Å². The lowest BCUT2D eigenvalue weighted by Gasteiger charge is -2.19. The van der Waals surface area contributed by atoms with Crippen molar-refractivity contribution in [3.05, 3.63) is 30.1 Å². The smallest absolute Gasteiger partial charge is 0.165 e. The molecule has 0 bridgehead atoms. The number of fused-ring (bicyclic) bond motifs is 1. The minimum absolute atomic E-state index is 0.818. The zero-order valence-corrected chi connectivity index (χ0v) is 11.1. The first-order valence-electron chi connectivity index (χ1n) is 7.08. The molecule has 0 atom stereocenters. The first-order valence-corrected chi connectivity index (χ1v) is 7.08. The number of para-hydroxylation sites is 2. The van der Waals surface area contributed by atoms with Gasteiger partial charge in [0.1, 0.15) is 6.54 Å². The summed E-state index contributed by atoms with van der Waals surface area (Å²) in [6.45, 7) is 1.01. The molecule has 1 heterocycles. The molecular weight excluding hydrogens is 222 g/mol. The maximum Gasteiger partial charge on any atom is 0.165 e. The van der Waals surface area contributed by atoms with E-state index in [1.54, 1.807) is 0 Å². The van der Waals surface area contributed by atoms with Gasteiger partial charge in [-0.25, -0.2) is 4.98 Å². The lowest BCUT2D eigenvalue weighted by atomic mass is 9.95. The zero-order valence-electron chi connectivity index (χ0n) is 11.1. The van der Waals surface area contributed by atoms with Crippen molar-refractivity contribution in [2.24, 2.45) is 7.05 Å². The highest BCUT2D eigenvalue weighted by Gasteiger charge is 2.17. The van der Waals surface area contributed by atoms with Gasteiger partial charge in [-0.05, 0) is 37.8 Å². The van der Waals surface area contributed by atoms with Crippen molar-refractivity contribution >= 4 is 11.0 Å². The summed E-state index contributed by atoms with van der Waals surface area (Å²) >= 11 is 0. The van der Waals surface area contributed by atoms with Crippen molar-refractivity contribution in [2.75, 3.05) is 0 Å². The average Bonchev–Trinajstić information content (AvgIpc) is 2.75. The third kappa shape index (κ3) is 2.27. The van der Waals surface area contributed by atoms with Crippen LogP contribution in [0.25, 0.3) is 11.0 Å². The maximum atomic E-state index is 4.73. The molecule has 3 heteroatoms. The van der Waals surface area contributed by atoms with Gasteiger partial charge in [0, 0.05) is 7.05 Å². The summed E-state index contributed by atoms with van der Waals surface area (Å²) in [6, 6.07) is 9.20. The van der Waals surface area contributed by atoms with E-state index in [0.717, 1.165) is 18.1 Å². The molecule has 2 aromatic rings. The summed E-state index contributed by atoms with van der Waals surface area (Å²) in [5, 5.41) is 2.49. The largest absolute Gasteiger partial charge is 0.338 e. The van der Waals surface area contributed by atoms with Crippen LogP contribution in [0.1, 0.15) is 37.9 Å². The fourth-order valence-electron chi connectivity index (χ4n) is 3.02. The molecule has 0 amide bonds. The van der Waals surface area contributed by atoms with E-state index in [1.165, 1.54) is 43.4 Å². The number of hydrogen-bond donors (Lipinski definition) is 1. The van der Waals surface area contributed by atoms with Gasteiger partial charge in [0.15, 0.2) is 5.82 Å². The molecule has 1 saturated carbocycles. The van der Waals surface area contributed by atoms with E-state index in [2.05, 4.69) is 41.2 Å². The van der Waals surface area contributed by atoms with Gasteiger partial charge in [0.25, 0.3) is 0 Å². The molecule has 0 unspecified atom stereocenters. The molecule has 1 aliphatic carbocycles. The number of aromatic nitrogens is 2. The van der Waals surface area contributed by atoms with Crippen molar-refractivity contribution in [1.82, 2.24) is 9.55 Å². The second-order valence-corrected chi connectivity index (χ2v) is 5.41. The molecule has 18 heavy (non-hydrogen) atoms. The lowest BCUT2D eigenvalue weighted by Crippen LogP contribution is -2.89. The summed E-state index contributed by atoms with van der Waals surface area (Å²) in [4.78, 5) is 4.73. The Morgan fingerprint density at radius 3 is 2.78 bits per heavy atom. The van der Waals surface area contributed by atoms with Gasteiger partial charge in [-0.3, -0.25) is 0 Å². The second-order valence-electron chi connectivity index (χ2n) is 5.41. The molecule has 1 aliphatic rings. The topological polar surface area (TPSA) is 34.4 Å². The molecule has 1 aromatic heterocycles. The molecule has 1 aromatic carbocycles. The first-order chi connectivity index (χ1) is 8.84. The molecule has 0 radical (unpaired) electrons. The van der Waals surface area contributed by atoms with E-state index in [1.807, 2.05) is 0 Å². The summed E-state index contributed by atoms with van der Waals surface area (Å²) < 4.78 is 2.23. The van der Waals surface area contributed by atoms with Crippen LogP contribution in [0.4, 0.5) is 0 Å². The Balaban J connectivity index is 1.72. The van der Waals surface area contributed by atoms with Crippen LogP contribution in [0.3, 0.4) is 0 Å². The monoisotopic (exact) mass is 244 g/mol. The van der Waals surface area contributed by atoms with Crippen LogP contribution in [-0.2, 0) is 13.6 Å². The van der Waals surface area contributed by atoms with E-state index >= 15 is 0 Å². The fraction of sp³-hybridized carbons (Fsp3) is 0.533. The van der Waals surface area contributed by atoms with Gasteiger partial charge in [0.05, 0.1) is 17.1 Å². The van der Waals surface area contributed by atoms with Crippen molar-refractivity contribution in [3.8, 4) is 0 Å². The van der Waals surface area contributed by atoms with Crippen LogP contribution in [0.2, 0.25) is 0 Å². The molecule has 0 saturated heterocycles. The molecule has 3 nitrogen and oxygen atoms in total. The van der Waals surface area contributed by atoms with Crippen LogP contribution in [0.15, 0.2) is 24.3 Å². The third-order valence-corrected chi connectivity index (χ3v) is 4.16. The molecule has 0 aliphatic heterocycles. The average molecular weight is 244 g/mol. The predicted molar refractivity (Wildman–Crippen MR) is 73.2 cm³/mol. The second kappa shape index (κ2) is 5.11. The number of rotatable bonds is 3. The highest BCUT2D eigenvalue weighted by molar-refractivity contribution is 5.75.